The zero-order valence-corrected chi connectivity index (χ0v) is 14.1. The maximum absolute atomic E-state index is 12.7. The molecular formula is C19H19N3OS. The number of rotatable bonds is 3. The van der Waals surface area contributed by atoms with Gasteiger partial charge in [0.1, 0.15) is 11.1 Å². The van der Waals surface area contributed by atoms with Crippen molar-refractivity contribution in [1.82, 2.24) is 10.3 Å². The third kappa shape index (κ3) is 3.08. The fraction of sp³-hybridized carbons (Fsp3) is 0.316. The second-order valence-electron chi connectivity index (χ2n) is 6.15. The van der Waals surface area contributed by atoms with Crippen molar-refractivity contribution in [2.24, 2.45) is 4.99 Å². The summed E-state index contributed by atoms with van der Waals surface area (Å²) < 4.78 is 0. The van der Waals surface area contributed by atoms with Gasteiger partial charge in [0.05, 0.1) is 6.04 Å². The zero-order valence-electron chi connectivity index (χ0n) is 13.3. The predicted octanol–water partition coefficient (Wildman–Crippen LogP) is 3.14. The second-order valence-corrected chi connectivity index (χ2v) is 7.16. The van der Waals surface area contributed by atoms with Gasteiger partial charge in [-0.05, 0) is 42.5 Å². The molecule has 4 rings (SSSR count). The van der Waals surface area contributed by atoms with Crippen LogP contribution in [0.15, 0.2) is 53.8 Å². The minimum absolute atomic E-state index is 0.0306. The van der Waals surface area contributed by atoms with E-state index in [2.05, 4.69) is 33.5 Å². The summed E-state index contributed by atoms with van der Waals surface area (Å²) in [5.41, 5.74) is 3.61. The van der Waals surface area contributed by atoms with Crippen molar-refractivity contribution in [3.63, 3.8) is 0 Å². The first-order chi connectivity index (χ1) is 11.8. The van der Waals surface area contributed by atoms with Crippen molar-refractivity contribution in [1.29, 1.82) is 0 Å². The van der Waals surface area contributed by atoms with E-state index in [1.165, 1.54) is 11.1 Å². The Morgan fingerprint density at radius 3 is 3.00 bits per heavy atom. The number of aromatic nitrogens is 1. The van der Waals surface area contributed by atoms with Gasteiger partial charge in [-0.15, -0.1) is 11.8 Å². The third-order valence-corrected chi connectivity index (χ3v) is 5.65. The number of aliphatic imine (C=N–C) groups is 1. The van der Waals surface area contributed by atoms with Crippen LogP contribution in [0.5, 0.6) is 0 Å². The SMILES string of the molecule is O=C(NC1CCCc2ccccc21)C1CSC(c2cccnc2)=N1. The zero-order chi connectivity index (χ0) is 16.4. The number of thioether (sulfide) groups is 1. The number of pyridine rings is 1. The lowest BCUT2D eigenvalue weighted by atomic mass is 9.87. The Labute approximate surface area is 145 Å². The first-order valence-electron chi connectivity index (χ1n) is 8.30. The molecule has 0 saturated heterocycles. The molecule has 1 aromatic heterocycles. The lowest BCUT2D eigenvalue weighted by Crippen LogP contribution is -2.37. The number of hydrogen-bond acceptors (Lipinski definition) is 4. The number of fused-ring (bicyclic) bond motifs is 1. The fourth-order valence-electron chi connectivity index (χ4n) is 3.33. The average Bonchev–Trinajstić information content (AvgIpc) is 3.13. The molecule has 1 aliphatic heterocycles. The summed E-state index contributed by atoms with van der Waals surface area (Å²) in [6, 6.07) is 12.1. The topological polar surface area (TPSA) is 54.4 Å². The molecule has 1 amide bonds. The van der Waals surface area contributed by atoms with Gasteiger partial charge in [-0.1, -0.05) is 24.3 Å². The molecular weight excluding hydrogens is 318 g/mol. The number of carbonyl (C=O) groups is 1. The lowest BCUT2D eigenvalue weighted by molar-refractivity contribution is -0.122. The van der Waals surface area contributed by atoms with E-state index in [1.807, 2.05) is 18.2 Å². The quantitative estimate of drug-likeness (QED) is 0.936. The summed E-state index contributed by atoms with van der Waals surface area (Å²) in [7, 11) is 0. The minimum atomic E-state index is -0.306. The molecule has 1 N–H and O–H groups in total. The Morgan fingerprint density at radius 2 is 2.12 bits per heavy atom. The highest BCUT2D eigenvalue weighted by Gasteiger charge is 2.29. The monoisotopic (exact) mass is 337 g/mol. The Balaban J connectivity index is 1.47. The Bertz CT molecular complexity index is 775. The van der Waals surface area contributed by atoms with Crippen LogP contribution in [0, 0.1) is 0 Å². The first kappa shape index (κ1) is 15.4. The Kier molecular flexibility index (Phi) is 4.34. The lowest BCUT2D eigenvalue weighted by Gasteiger charge is -2.27. The third-order valence-electron chi connectivity index (χ3n) is 4.55. The summed E-state index contributed by atoms with van der Waals surface area (Å²) in [4.78, 5) is 21.4. The van der Waals surface area contributed by atoms with Gasteiger partial charge >= 0.3 is 0 Å². The molecule has 5 heteroatoms. The largest absolute Gasteiger partial charge is 0.347 e. The molecule has 2 aliphatic rings. The van der Waals surface area contributed by atoms with Crippen molar-refractivity contribution in [2.45, 2.75) is 31.3 Å². The van der Waals surface area contributed by atoms with E-state index in [4.69, 9.17) is 0 Å². The molecule has 2 aromatic rings. The Hall–Kier alpha value is -2.14. The molecule has 0 bridgehead atoms. The van der Waals surface area contributed by atoms with E-state index in [9.17, 15) is 4.79 Å². The molecule has 2 heterocycles. The van der Waals surface area contributed by atoms with Gasteiger partial charge in [-0.25, -0.2) is 0 Å². The molecule has 0 fully saturated rings. The number of hydrogen-bond donors (Lipinski definition) is 1. The molecule has 24 heavy (non-hydrogen) atoms. The van der Waals surface area contributed by atoms with Crippen molar-refractivity contribution in [3.8, 4) is 0 Å². The molecule has 0 radical (unpaired) electrons. The number of amides is 1. The molecule has 1 aliphatic carbocycles. The number of nitrogens with one attached hydrogen (secondary N) is 1. The second kappa shape index (κ2) is 6.77. The van der Waals surface area contributed by atoms with Crippen LogP contribution in [0.1, 0.15) is 35.6 Å². The van der Waals surface area contributed by atoms with E-state index >= 15 is 0 Å². The van der Waals surface area contributed by atoms with Crippen LogP contribution in [0.4, 0.5) is 0 Å². The Morgan fingerprint density at radius 1 is 1.21 bits per heavy atom. The fourth-order valence-corrected chi connectivity index (χ4v) is 4.36. The van der Waals surface area contributed by atoms with E-state index in [0.29, 0.717) is 5.75 Å². The van der Waals surface area contributed by atoms with Crippen LogP contribution in [-0.2, 0) is 11.2 Å². The van der Waals surface area contributed by atoms with Crippen LogP contribution in [0.2, 0.25) is 0 Å². The van der Waals surface area contributed by atoms with Gasteiger partial charge in [0.15, 0.2) is 0 Å². The number of aryl methyl sites for hydroxylation is 1. The highest BCUT2D eigenvalue weighted by atomic mass is 32.2. The smallest absolute Gasteiger partial charge is 0.246 e. The summed E-state index contributed by atoms with van der Waals surface area (Å²) in [5.74, 6) is 0.729. The van der Waals surface area contributed by atoms with E-state index in [1.54, 1.807) is 24.2 Å². The van der Waals surface area contributed by atoms with E-state index < -0.39 is 0 Å². The molecule has 2 atom stereocenters. The van der Waals surface area contributed by atoms with E-state index in [0.717, 1.165) is 29.9 Å². The van der Waals surface area contributed by atoms with Crippen LogP contribution in [0.25, 0.3) is 0 Å². The summed E-state index contributed by atoms with van der Waals surface area (Å²) >= 11 is 1.63. The standard InChI is InChI=1S/C19H19N3OS/c23-18(17-12-24-19(22-17)14-7-4-10-20-11-14)21-16-9-3-6-13-5-1-2-8-15(13)16/h1-2,4-5,7-8,10-11,16-17H,3,6,9,12H2,(H,21,23). The molecule has 2 unspecified atom stereocenters. The van der Waals surface area contributed by atoms with Crippen LogP contribution < -0.4 is 5.32 Å². The summed E-state index contributed by atoms with van der Waals surface area (Å²) in [6.07, 6.45) is 6.76. The van der Waals surface area contributed by atoms with Crippen molar-refractivity contribution >= 4 is 22.7 Å². The van der Waals surface area contributed by atoms with Gasteiger partial charge in [0.25, 0.3) is 0 Å². The van der Waals surface area contributed by atoms with Gasteiger partial charge in [0, 0.05) is 23.7 Å². The maximum Gasteiger partial charge on any atom is 0.246 e. The summed E-state index contributed by atoms with van der Waals surface area (Å²) in [6.45, 7) is 0. The number of benzene rings is 1. The normalized spacial score (nSPS) is 22.6. The minimum Gasteiger partial charge on any atom is -0.347 e. The predicted molar refractivity (Wildman–Crippen MR) is 97.3 cm³/mol. The molecule has 122 valence electrons. The highest BCUT2D eigenvalue weighted by Crippen LogP contribution is 2.30. The van der Waals surface area contributed by atoms with Crippen LogP contribution >= 0.6 is 11.8 Å². The van der Waals surface area contributed by atoms with Crippen molar-refractivity contribution < 1.29 is 4.79 Å². The molecule has 0 saturated carbocycles. The van der Waals surface area contributed by atoms with Crippen LogP contribution in [-0.4, -0.2) is 27.7 Å². The van der Waals surface area contributed by atoms with Crippen molar-refractivity contribution in [2.75, 3.05) is 5.75 Å². The highest BCUT2D eigenvalue weighted by molar-refractivity contribution is 8.14. The van der Waals surface area contributed by atoms with Crippen molar-refractivity contribution in [3.05, 3.63) is 65.5 Å². The van der Waals surface area contributed by atoms with Gasteiger partial charge in [-0.2, -0.15) is 0 Å². The molecule has 4 nitrogen and oxygen atoms in total. The molecule has 0 spiro atoms. The average molecular weight is 337 g/mol. The summed E-state index contributed by atoms with van der Waals surface area (Å²) in [5, 5.41) is 4.12. The van der Waals surface area contributed by atoms with Crippen LogP contribution in [0.3, 0.4) is 0 Å². The molecule has 1 aromatic carbocycles. The maximum atomic E-state index is 12.7. The van der Waals surface area contributed by atoms with E-state index in [-0.39, 0.29) is 18.0 Å². The first-order valence-corrected chi connectivity index (χ1v) is 9.29. The van der Waals surface area contributed by atoms with Gasteiger partial charge in [0.2, 0.25) is 5.91 Å². The van der Waals surface area contributed by atoms with Gasteiger partial charge in [-0.3, -0.25) is 14.8 Å². The van der Waals surface area contributed by atoms with Gasteiger partial charge < -0.3 is 5.32 Å². The number of nitrogens with zero attached hydrogens (tertiary/aromatic N) is 2. The number of carbonyl (C=O) groups excluding carboxylic acids is 1.